The van der Waals surface area contributed by atoms with Crippen LogP contribution in [0.5, 0.6) is 0 Å². The Kier molecular flexibility index (Phi) is 7.94. The highest BCUT2D eigenvalue weighted by atomic mass is 79.9. The highest BCUT2D eigenvalue weighted by Crippen LogP contribution is 2.14. The minimum absolute atomic E-state index is 0.0321. The zero-order valence-corrected chi connectivity index (χ0v) is 14.0. The van der Waals surface area contributed by atoms with Crippen molar-refractivity contribution in [1.29, 1.82) is 0 Å². The van der Waals surface area contributed by atoms with Crippen LogP contribution in [0.4, 0.5) is 4.79 Å². The fourth-order valence-corrected chi connectivity index (χ4v) is 2.44. The lowest BCUT2D eigenvalue weighted by atomic mass is 10.1. The van der Waals surface area contributed by atoms with Gasteiger partial charge in [-0.2, -0.15) is 0 Å². The number of rotatable bonds is 5. The van der Waals surface area contributed by atoms with Gasteiger partial charge in [0.2, 0.25) is 5.12 Å². The first kappa shape index (κ1) is 17.8. The van der Waals surface area contributed by atoms with Crippen LogP contribution in [-0.4, -0.2) is 33.9 Å². The van der Waals surface area contributed by atoms with Gasteiger partial charge in [0.15, 0.2) is 0 Å². The van der Waals surface area contributed by atoms with E-state index >= 15 is 0 Å². The van der Waals surface area contributed by atoms with Gasteiger partial charge in [-0.05, 0) is 26.7 Å². The average Bonchev–Trinajstić information content (AvgIpc) is 2.19. The van der Waals surface area contributed by atoms with Crippen LogP contribution in [0.2, 0.25) is 0 Å². The van der Waals surface area contributed by atoms with Crippen molar-refractivity contribution in [2.75, 3.05) is 11.1 Å². The van der Waals surface area contributed by atoms with Crippen molar-refractivity contribution < 1.29 is 14.3 Å². The first-order valence-electron chi connectivity index (χ1n) is 5.89. The maximum absolute atomic E-state index is 11.9. The van der Waals surface area contributed by atoms with E-state index in [0.29, 0.717) is 5.75 Å². The summed E-state index contributed by atoms with van der Waals surface area (Å²) in [4.78, 5) is 23.6. The largest absolute Gasteiger partial charge is 0.444 e. The quantitative estimate of drug-likeness (QED) is 0.781. The number of ether oxygens (including phenoxy) is 1. The molecule has 0 aliphatic heterocycles. The summed E-state index contributed by atoms with van der Waals surface area (Å²) in [5, 5.41) is 3.35. The SMILES string of the molecule is CC(C)[C@H](NC(=O)OC(C)(C)C)C(=O)SCCBr. The number of carbonyl (C=O) groups is 2. The number of nitrogens with one attached hydrogen (secondary N) is 1. The van der Waals surface area contributed by atoms with Crippen LogP contribution in [0.3, 0.4) is 0 Å². The summed E-state index contributed by atoms with van der Waals surface area (Å²) in [7, 11) is 0. The summed E-state index contributed by atoms with van der Waals surface area (Å²) in [6, 6.07) is -0.510. The van der Waals surface area contributed by atoms with E-state index in [1.807, 2.05) is 13.8 Å². The zero-order valence-electron chi connectivity index (χ0n) is 11.6. The molecule has 0 aliphatic rings. The van der Waals surface area contributed by atoms with Gasteiger partial charge in [0.05, 0.1) is 0 Å². The second kappa shape index (κ2) is 8.04. The van der Waals surface area contributed by atoms with E-state index in [9.17, 15) is 9.59 Å². The molecule has 0 aliphatic carbocycles. The normalized spacial score (nSPS) is 13.3. The Morgan fingerprint density at radius 3 is 2.28 bits per heavy atom. The number of amides is 1. The van der Waals surface area contributed by atoms with Crippen LogP contribution in [0.25, 0.3) is 0 Å². The molecule has 1 atom stereocenters. The fraction of sp³-hybridized carbons (Fsp3) is 0.833. The van der Waals surface area contributed by atoms with Crippen molar-refractivity contribution in [1.82, 2.24) is 5.32 Å². The van der Waals surface area contributed by atoms with Crippen LogP contribution >= 0.6 is 27.7 Å². The molecule has 0 spiro atoms. The summed E-state index contributed by atoms with van der Waals surface area (Å²) in [6.45, 7) is 9.17. The molecule has 106 valence electrons. The van der Waals surface area contributed by atoms with Crippen LogP contribution < -0.4 is 5.32 Å². The first-order valence-corrected chi connectivity index (χ1v) is 8.00. The number of alkyl carbamates (subject to hydrolysis) is 1. The smallest absolute Gasteiger partial charge is 0.408 e. The molecule has 18 heavy (non-hydrogen) atoms. The summed E-state index contributed by atoms with van der Waals surface area (Å²) < 4.78 is 5.15. The predicted octanol–water partition coefficient (Wildman–Crippen LogP) is 3.19. The van der Waals surface area contributed by atoms with E-state index < -0.39 is 17.7 Å². The van der Waals surface area contributed by atoms with Crippen LogP contribution in [0, 0.1) is 5.92 Å². The van der Waals surface area contributed by atoms with E-state index in [2.05, 4.69) is 21.2 Å². The Labute approximate surface area is 122 Å². The highest BCUT2D eigenvalue weighted by molar-refractivity contribution is 9.09. The summed E-state index contributed by atoms with van der Waals surface area (Å²) in [5.41, 5.74) is -0.558. The second-order valence-corrected chi connectivity index (χ2v) is 7.12. The molecule has 0 aromatic rings. The van der Waals surface area contributed by atoms with Crippen molar-refractivity contribution in [3.63, 3.8) is 0 Å². The third-order valence-electron chi connectivity index (χ3n) is 1.91. The molecule has 1 amide bonds. The molecule has 4 nitrogen and oxygen atoms in total. The molecule has 1 N–H and O–H groups in total. The number of thioether (sulfide) groups is 1. The average molecular weight is 340 g/mol. The van der Waals surface area contributed by atoms with Gasteiger partial charge in [-0.15, -0.1) is 0 Å². The standard InChI is InChI=1S/C12H22BrNO3S/c1-8(2)9(10(15)18-7-6-13)14-11(16)17-12(3,4)5/h8-9H,6-7H2,1-5H3,(H,14,16)/t9-/m0/s1. The number of carbonyl (C=O) groups excluding carboxylic acids is 2. The van der Waals surface area contributed by atoms with Gasteiger partial charge in [-0.25, -0.2) is 4.79 Å². The lowest BCUT2D eigenvalue weighted by Crippen LogP contribution is -2.45. The molecule has 0 fully saturated rings. The van der Waals surface area contributed by atoms with Gasteiger partial charge in [0, 0.05) is 11.1 Å². The highest BCUT2D eigenvalue weighted by Gasteiger charge is 2.26. The van der Waals surface area contributed by atoms with Gasteiger partial charge >= 0.3 is 6.09 Å². The maximum Gasteiger partial charge on any atom is 0.408 e. The van der Waals surface area contributed by atoms with E-state index in [-0.39, 0.29) is 11.0 Å². The van der Waals surface area contributed by atoms with E-state index in [1.54, 1.807) is 20.8 Å². The van der Waals surface area contributed by atoms with Gasteiger partial charge in [-0.1, -0.05) is 41.5 Å². The van der Waals surface area contributed by atoms with Crippen molar-refractivity contribution in [3.8, 4) is 0 Å². The van der Waals surface area contributed by atoms with Crippen molar-refractivity contribution >= 4 is 38.9 Å². The topological polar surface area (TPSA) is 55.4 Å². The molecule has 0 saturated carbocycles. The van der Waals surface area contributed by atoms with Crippen LogP contribution in [0.15, 0.2) is 0 Å². The first-order chi connectivity index (χ1) is 8.17. The molecule has 0 bridgehead atoms. The molecule has 6 heteroatoms. The molecule has 0 aromatic carbocycles. The Bertz CT molecular complexity index is 290. The van der Waals surface area contributed by atoms with E-state index in [4.69, 9.17) is 4.74 Å². The fourth-order valence-electron chi connectivity index (χ4n) is 1.16. The molecular weight excluding hydrogens is 318 g/mol. The molecule has 0 unspecified atom stereocenters. The van der Waals surface area contributed by atoms with Gasteiger partial charge < -0.3 is 10.1 Å². The molecular formula is C12H22BrNO3S. The van der Waals surface area contributed by atoms with Crippen LogP contribution in [0.1, 0.15) is 34.6 Å². The minimum atomic E-state index is -0.558. The minimum Gasteiger partial charge on any atom is -0.444 e. The van der Waals surface area contributed by atoms with Crippen LogP contribution in [-0.2, 0) is 9.53 Å². The number of hydrogen-bond acceptors (Lipinski definition) is 4. The third kappa shape index (κ3) is 7.97. The molecule has 0 rings (SSSR count). The van der Waals surface area contributed by atoms with E-state index in [0.717, 1.165) is 5.33 Å². The molecule has 0 saturated heterocycles. The van der Waals surface area contributed by atoms with Crippen molar-refractivity contribution in [3.05, 3.63) is 0 Å². The third-order valence-corrected chi connectivity index (χ3v) is 3.78. The summed E-state index contributed by atoms with van der Waals surface area (Å²) in [5.74, 6) is 0.728. The van der Waals surface area contributed by atoms with Gasteiger partial charge in [0.1, 0.15) is 11.6 Å². The summed E-state index contributed by atoms with van der Waals surface area (Å²) >= 11 is 4.49. The van der Waals surface area contributed by atoms with Crippen molar-refractivity contribution in [2.45, 2.75) is 46.3 Å². The van der Waals surface area contributed by atoms with E-state index in [1.165, 1.54) is 11.8 Å². The lowest BCUT2D eigenvalue weighted by molar-refractivity contribution is -0.113. The second-order valence-electron chi connectivity index (χ2n) is 5.22. The predicted molar refractivity (Wildman–Crippen MR) is 79.3 cm³/mol. The Morgan fingerprint density at radius 2 is 1.89 bits per heavy atom. The Morgan fingerprint density at radius 1 is 1.33 bits per heavy atom. The molecule has 0 heterocycles. The van der Waals surface area contributed by atoms with Gasteiger partial charge in [0.25, 0.3) is 0 Å². The maximum atomic E-state index is 11.9. The summed E-state index contributed by atoms with van der Waals surface area (Å²) in [6.07, 6.45) is -0.547. The number of halogens is 1. The Balaban J connectivity index is 4.45. The van der Waals surface area contributed by atoms with Crippen molar-refractivity contribution in [2.24, 2.45) is 5.92 Å². The molecule has 0 aromatic heterocycles. The monoisotopic (exact) mass is 339 g/mol. The molecule has 0 radical (unpaired) electrons. The number of hydrogen-bond donors (Lipinski definition) is 1. The zero-order chi connectivity index (χ0) is 14.3. The lowest BCUT2D eigenvalue weighted by Gasteiger charge is -2.24. The Hall–Kier alpha value is -0.230. The number of alkyl halides is 1. The van der Waals surface area contributed by atoms with Gasteiger partial charge in [-0.3, -0.25) is 4.79 Å².